The van der Waals surface area contributed by atoms with Crippen LogP contribution in [0.25, 0.3) is 12.0 Å². The largest absolute Gasteiger partial charge is 0.369 e. The number of carbonyl (C=O) groups excluding carboxylic acids is 3. The molecule has 10 heteroatoms. The van der Waals surface area contributed by atoms with Crippen molar-refractivity contribution in [2.75, 3.05) is 0 Å². The number of primary amides is 1. The van der Waals surface area contributed by atoms with E-state index in [1.54, 1.807) is 47.1 Å². The normalized spacial score (nSPS) is 29.0. The molecule has 36 heavy (non-hydrogen) atoms. The van der Waals surface area contributed by atoms with Crippen LogP contribution in [0.2, 0.25) is 0 Å². The second-order valence-electron chi connectivity index (χ2n) is 11.3. The van der Waals surface area contributed by atoms with E-state index in [4.69, 9.17) is 5.73 Å². The van der Waals surface area contributed by atoms with Gasteiger partial charge in [-0.25, -0.2) is 9.36 Å². The highest BCUT2D eigenvalue weighted by Gasteiger charge is 2.58. The quantitative estimate of drug-likeness (QED) is 0.518. The first-order valence-corrected chi connectivity index (χ1v) is 12.8. The maximum absolute atomic E-state index is 13.6. The molecule has 10 nitrogen and oxygen atoms in total. The van der Waals surface area contributed by atoms with Gasteiger partial charge in [0.15, 0.2) is 5.82 Å². The Labute approximate surface area is 210 Å². The van der Waals surface area contributed by atoms with E-state index in [9.17, 15) is 14.4 Å². The molecular formula is C26H35N7O3. The zero-order valence-electron chi connectivity index (χ0n) is 21.1. The van der Waals surface area contributed by atoms with Gasteiger partial charge in [0.2, 0.25) is 11.8 Å². The van der Waals surface area contributed by atoms with E-state index >= 15 is 0 Å². The van der Waals surface area contributed by atoms with Crippen LogP contribution in [0.4, 0.5) is 0 Å². The summed E-state index contributed by atoms with van der Waals surface area (Å²) >= 11 is 0. The highest BCUT2D eigenvalue weighted by atomic mass is 16.2. The zero-order chi connectivity index (χ0) is 25.7. The average Bonchev–Trinajstić information content (AvgIpc) is 3.48. The number of amides is 3. The fourth-order valence-electron chi connectivity index (χ4n) is 6.78. The highest BCUT2D eigenvalue weighted by molar-refractivity contribution is 5.97. The molecule has 0 aliphatic heterocycles. The van der Waals surface area contributed by atoms with Crippen molar-refractivity contribution in [1.29, 1.82) is 0 Å². The molecule has 2 unspecified atom stereocenters. The van der Waals surface area contributed by atoms with E-state index < -0.39 is 11.0 Å². The van der Waals surface area contributed by atoms with E-state index in [2.05, 4.69) is 20.8 Å². The third-order valence-electron chi connectivity index (χ3n) is 8.24. The van der Waals surface area contributed by atoms with Gasteiger partial charge < -0.3 is 16.4 Å². The van der Waals surface area contributed by atoms with Gasteiger partial charge in [0.1, 0.15) is 5.56 Å². The van der Waals surface area contributed by atoms with Crippen molar-refractivity contribution < 1.29 is 14.4 Å². The molecule has 2 atom stereocenters. The van der Waals surface area contributed by atoms with Crippen molar-refractivity contribution in [2.45, 2.75) is 70.9 Å². The summed E-state index contributed by atoms with van der Waals surface area (Å²) in [5.41, 5.74) is 5.24. The van der Waals surface area contributed by atoms with Gasteiger partial charge in [-0.1, -0.05) is 6.92 Å². The van der Waals surface area contributed by atoms with Gasteiger partial charge in [0.25, 0.3) is 5.91 Å². The second-order valence-corrected chi connectivity index (χ2v) is 11.3. The molecule has 2 heterocycles. The van der Waals surface area contributed by atoms with Crippen molar-refractivity contribution in [2.24, 2.45) is 28.9 Å². The summed E-state index contributed by atoms with van der Waals surface area (Å²) in [6, 6.07) is 1.81. The van der Waals surface area contributed by atoms with Crippen LogP contribution in [0.3, 0.4) is 0 Å². The maximum atomic E-state index is 13.6. The first-order chi connectivity index (χ1) is 17.1. The van der Waals surface area contributed by atoms with Gasteiger partial charge in [0, 0.05) is 36.5 Å². The van der Waals surface area contributed by atoms with Crippen LogP contribution in [0.1, 0.15) is 69.7 Å². The van der Waals surface area contributed by atoms with Crippen molar-refractivity contribution >= 4 is 23.9 Å². The molecule has 6 rings (SSSR count). The van der Waals surface area contributed by atoms with Crippen LogP contribution in [0.5, 0.6) is 0 Å². The molecule has 0 aromatic carbocycles. The lowest BCUT2D eigenvalue weighted by Gasteiger charge is -2.58. The summed E-state index contributed by atoms with van der Waals surface area (Å²) < 4.78 is 3.21. The van der Waals surface area contributed by atoms with Gasteiger partial charge in [-0.05, 0) is 75.8 Å². The minimum absolute atomic E-state index is 0.0223. The molecule has 4 fully saturated rings. The summed E-state index contributed by atoms with van der Waals surface area (Å²) in [7, 11) is 0. The number of hydrogen-bond donors (Lipinski definition) is 3. The van der Waals surface area contributed by atoms with Crippen LogP contribution >= 0.6 is 0 Å². The SMILES string of the molecule is CCC(=O)NC(C)(C)/C=C/n1ncc(C(=O)NC2C3CC4CC2CC(C(N)=O)(C4)C3)c1-n1cccn1. The van der Waals surface area contributed by atoms with Crippen molar-refractivity contribution in [3.05, 3.63) is 36.3 Å². The summed E-state index contributed by atoms with van der Waals surface area (Å²) in [6.45, 7) is 5.60. The fraction of sp³-hybridized carbons (Fsp3) is 0.577. The van der Waals surface area contributed by atoms with Gasteiger partial charge in [-0.3, -0.25) is 14.4 Å². The van der Waals surface area contributed by atoms with Crippen LogP contribution in [0.15, 0.2) is 30.7 Å². The molecule has 0 saturated heterocycles. The molecule has 4 saturated carbocycles. The first kappa shape index (κ1) is 24.3. The number of carbonyl (C=O) groups is 3. The minimum Gasteiger partial charge on any atom is -0.369 e. The number of rotatable bonds is 8. The van der Waals surface area contributed by atoms with Gasteiger partial charge in [-0.15, -0.1) is 0 Å². The zero-order valence-corrected chi connectivity index (χ0v) is 21.1. The van der Waals surface area contributed by atoms with Crippen molar-refractivity contribution in [3.8, 4) is 5.82 Å². The number of nitrogens with zero attached hydrogens (tertiary/aromatic N) is 4. The van der Waals surface area contributed by atoms with E-state index in [-0.39, 0.29) is 35.6 Å². The molecule has 0 spiro atoms. The Kier molecular flexibility index (Phi) is 6.00. The summed E-state index contributed by atoms with van der Waals surface area (Å²) in [6.07, 6.45) is 13.4. The van der Waals surface area contributed by atoms with Crippen LogP contribution < -0.4 is 16.4 Å². The molecule has 2 aromatic rings. The van der Waals surface area contributed by atoms with Crippen molar-refractivity contribution in [3.63, 3.8) is 0 Å². The second kappa shape index (κ2) is 8.90. The van der Waals surface area contributed by atoms with Gasteiger partial charge in [0.05, 0.1) is 11.7 Å². The first-order valence-electron chi connectivity index (χ1n) is 12.8. The predicted molar refractivity (Wildman–Crippen MR) is 134 cm³/mol. The van der Waals surface area contributed by atoms with Crippen LogP contribution in [-0.2, 0) is 9.59 Å². The maximum Gasteiger partial charge on any atom is 0.257 e. The van der Waals surface area contributed by atoms with E-state index in [1.165, 1.54) is 0 Å². The highest BCUT2D eigenvalue weighted by Crippen LogP contribution is 2.59. The number of hydrogen-bond acceptors (Lipinski definition) is 5. The lowest BCUT2D eigenvalue weighted by molar-refractivity contribution is -0.145. The van der Waals surface area contributed by atoms with Crippen LogP contribution in [-0.4, -0.2) is 48.9 Å². The molecule has 4 N–H and O–H groups in total. The molecule has 4 bridgehead atoms. The Morgan fingerprint density at radius 3 is 2.53 bits per heavy atom. The lowest BCUT2D eigenvalue weighted by Crippen LogP contribution is -2.62. The van der Waals surface area contributed by atoms with Crippen LogP contribution in [0, 0.1) is 23.2 Å². The summed E-state index contributed by atoms with van der Waals surface area (Å²) in [5.74, 6) is 1.13. The smallest absolute Gasteiger partial charge is 0.257 e. The molecule has 192 valence electrons. The molecular weight excluding hydrogens is 458 g/mol. The molecule has 4 aliphatic rings. The molecule has 3 amide bonds. The number of aromatic nitrogens is 4. The van der Waals surface area contributed by atoms with Gasteiger partial charge >= 0.3 is 0 Å². The Morgan fingerprint density at radius 2 is 1.92 bits per heavy atom. The Hall–Kier alpha value is -3.43. The lowest BCUT2D eigenvalue weighted by atomic mass is 9.47. The Morgan fingerprint density at radius 1 is 1.19 bits per heavy atom. The third kappa shape index (κ3) is 4.33. The summed E-state index contributed by atoms with van der Waals surface area (Å²) in [5, 5.41) is 15.0. The molecule has 0 radical (unpaired) electrons. The monoisotopic (exact) mass is 493 g/mol. The number of nitrogens with two attached hydrogens (primary N) is 1. The molecule has 4 aliphatic carbocycles. The average molecular weight is 494 g/mol. The van der Waals surface area contributed by atoms with Gasteiger partial charge in [-0.2, -0.15) is 10.2 Å². The van der Waals surface area contributed by atoms with E-state index in [1.807, 2.05) is 19.9 Å². The Bertz CT molecular complexity index is 1180. The molecule has 2 aromatic heterocycles. The standard InChI is InChI=1S/C26H35N7O3/c1-4-20(34)31-25(2,3)6-9-33-23(32-8-5-7-28-32)19(15-29-33)22(35)30-21-17-10-16-11-18(21)14-26(12-16,13-17)24(27)36/h5-9,15-18,21H,4,10-14H2,1-3H3,(H2,27,36)(H,30,35)(H,31,34)/b9-6+. The Balaban J connectivity index is 1.39. The van der Waals surface area contributed by atoms with Crippen molar-refractivity contribution in [1.82, 2.24) is 30.2 Å². The van der Waals surface area contributed by atoms with E-state index in [0.717, 1.165) is 32.1 Å². The topological polar surface area (TPSA) is 137 Å². The minimum atomic E-state index is -0.598. The predicted octanol–water partition coefficient (Wildman–Crippen LogP) is 2.25. The van der Waals surface area contributed by atoms with E-state index in [0.29, 0.717) is 23.7 Å². The number of nitrogens with one attached hydrogen (secondary N) is 2. The third-order valence-corrected chi connectivity index (χ3v) is 8.24. The summed E-state index contributed by atoms with van der Waals surface area (Å²) in [4.78, 5) is 37.7. The fourth-order valence-corrected chi connectivity index (χ4v) is 6.78.